The summed E-state index contributed by atoms with van der Waals surface area (Å²) in [6, 6.07) is 19.4. The van der Waals surface area contributed by atoms with Gasteiger partial charge in [-0.05, 0) is 73.2 Å². The zero-order valence-corrected chi connectivity index (χ0v) is 20.7. The van der Waals surface area contributed by atoms with E-state index in [0.717, 1.165) is 41.5 Å². The Bertz CT molecular complexity index is 1450. The third-order valence-electron chi connectivity index (χ3n) is 6.31. The highest BCUT2D eigenvalue weighted by Gasteiger charge is 2.46. The first-order valence-corrected chi connectivity index (χ1v) is 12.0. The van der Waals surface area contributed by atoms with Gasteiger partial charge in [-0.2, -0.15) is 10.4 Å². The summed E-state index contributed by atoms with van der Waals surface area (Å²) in [5.41, 5.74) is 3.78. The average Bonchev–Trinajstić information content (AvgIpc) is 3.32. The van der Waals surface area contributed by atoms with Crippen molar-refractivity contribution in [2.75, 3.05) is 13.1 Å². The number of likely N-dealkylation sites (tertiary alicyclic amines) is 1. The van der Waals surface area contributed by atoms with Crippen molar-refractivity contribution in [3.05, 3.63) is 115 Å². The zero-order valence-electron chi connectivity index (χ0n) is 20.7. The third-order valence-corrected chi connectivity index (χ3v) is 6.31. The van der Waals surface area contributed by atoms with E-state index in [4.69, 9.17) is 5.26 Å². The molecule has 0 spiro atoms. The second kappa shape index (κ2) is 12.6. The Hall–Kier alpha value is -4.57. The molecule has 1 saturated heterocycles. The highest BCUT2D eigenvalue weighted by Crippen LogP contribution is 2.45. The molecule has 4 aromatic rings. The van der Waals surface area contributed by atoms with Crippen LogP contribution in [-0.4, -0.2) is 38.7 Å². The fraction of sp³-hybridized carbons (Fsp3) is 0.226. The van der Waals surface area contributed by atoms with Crippen molar-refractivity contribution >= 4 is 16.8 Å². The Morgan fingerprint density at radius 1 is 1.08 bits per heavy atom. The molecule has 1 aliphatic heterocycles. The lowest BCUT2D eigenvalue weighted by atomic mass is 10.2. The van der Waals surface area contributed by atoms with Crippen LogP contribution in [0.15, 0.2) is 92.2 Å². The first-order chi connectivity index (χ1) is 17.9. The maximum atomic E-state index is 12.9. The molecular formula is C31H32FN5O. The van der Waals surface area contributed by atoms with Gasteiger partial charge in [-0.1, -0.05) is 50.9 Å². The maximum Gasteiger partial charge on any atom is 0.272 e. The summed E-state index contributed by atoms with van der Waals surface area (Å²) in [6.07, 6.45) is 6.37. The summed E-state index contributed by atoms with van der Waals surface area (Å²) in [7, 11) is 0. The van der Waals surface area contributed by atoms with Gasteiger partial charge >= 0.3 is 0 Å². The third kappa shape index (κ3) is 6.60. The molecule has 6 rings (SSSR count). The average molecular weight is 510 g/mol. The zero-order chi connectivity index (χ0) is 26.4. The van der Waals surface area contributed by atoms with Gasteiger partial charge in [0, 0.05) is 18.5 Å². The van der Waals surface area contributed by atoms with Crippen molar-refractivity contribution < 1.29 is 9.18 Å². The molecule has 1 saturated carbocycles. The number of nitriles is 1. The van der Waals surface area contributed by atoms with E-state index in [-0.39, 0.29) is 19.2 Å². The number of aromatic nitrogens is 3. The predicted octanol–water partition coefficient (Wildman–Crippen LogP) is 6.51. The van der Waals surface area contributed by atoms with Crippen molar-refractivity contribution in [3.8, 4) is 11.8 Å². The number of hydrogen-bond donors (Lipinski definition) is 0. The molecule has 7 heteroatoms. The molecule has 2 fully saturated rings. The van der Waals surface area contributed by atoms with Gasteiger partial charge in [0.2, 0.25) is 0 Å². The van der Waals surface area contributed by atoms with Crippen LogP contribution >= 0.6 is 0 Å². The first-order valence-electron chi connectivity index (χ1n) is 12.0. The number of fused-ring (bicyclic) bond motifs is 2. The Morgan fingerprint density at radius 2 is 1.76 bits per heavy atom. The molecule has 38 heavy (non-hydrogen) atoms. The Labute approximate surface area is 223 Å². The number of aryl methyl sites for hydroxylation is 1. The van der Waals surface area contributed by atoms with Gasteiger partial charge < -0.3 is 4.90 Å². The number of pyridine rings is 1. The molecule has 1 aliphatic carbocycles. The highest BCUT2D eigenvalue weighted by molar-refractivity contribution is 5.92. The van der Waals surface area contributed by atoms with Crippen molar-refractivity contribution in [2.45, 2.75) is 20.8 Å². The quantitative estimate of drug-likeness (QED) is 0.295. The monoisotopic (exact) mass is 509 g/mol. The number of amides is 1. The lowest BCUT2D eigenvalue weighted by molar-refractivity contribution is 0.0769. The van der Waals surface area contributed by atoms with E-state index in [0.29, 0.717) is 11.4 Å². The predicted molar refractivity (Wildman–Crippen MR) is 149 cm³/mol. The molecule has 2 aromatic heterocycles. The van der Waals surface area contributed by atoms with Gasteiger partial charge in [0.1, 0.15) is 23.3 Å². The molecule has 2 atom stereocenters. The minimum Gasteiger partial charge on any atom is -0.337 e. The summed E-state index contributed by atoms with van der Waals surface area (Å²) in [5.74, 6) is 1.18. The number of hydrogen-bond acceptors (Lipinski definition) is 4. The van der Waals surface area contributed by atoms with E-state index in [1.807, 2.05) is 34.8 Å². The minimum atomic E-state index is -0.235. The number of carbonyl (C=O) groups excluding carboxylic acids is 1. The Balaban J connectivity index is 0.000000181. The number of allylic oxidation sites excluding steroid dienone is 2. The van der Waals surface area contributed by atoms with Gasteiger partial charge in [0.05, 0.1) is 17.4 Å². The molecule has 2 unspecified atom stereocenters. The van der Waals surface area contributed by atoms with Crippen LogP contribution < -0.4 is 0 Å². The lowest BCUT2D eigenvalue weighted by Crippen LogP contribution is -2.31. The van der Waals surface area contributed by atoms with Crippen LogP contribution in [0.2, 0.25) is 0 Å². The molecule has 0 bridgehead atoms. The topological polar surface area (TPSA) is 74.8 Å². The summed E-state index contributed by atoms with van der Waals surface area (Å²) in [4.78, 5) is 17.9. The number of benzene rings is 2. The molecule has 6 nitrogen and oxygen atoms in total. The first kappa shape index (κ1) is 28.0. The number of halogens is 1. The molecular weight excluding hydrogens is 477 g/mol. The van der Waals surface area contributed by atoms with Gasteiger partial charge in [-0.15, -0.1) is 0 Å². The number of carbonyl (C=O) groups is 1. The van der Waals surface area contributed by atoms with Crippen LogP contribution in [0.25, 0.3) is 16.6 Å². The van der Waals surface area contributed by atoms with Gasteiger partial charge in [-0.25, -0.2) is 14.1 Å². The summed E-state index contributed by atoms with van der Waals surface area (Å²) < 4.78 is 14.7. The van der Waals surface area contributed by atoms with Crippen molar-refractivity contribution in [3.63, 3.8) is 0 Å². The van der Waals surface area contributed by atoms with Crippen molar-refractivity contribution in [1.82, 2.24) is 19.7 Å². The fourth-order valence-electron chi connectivity index (χ4n) is 4.26. The highest BCUT2D eigenvalue weighted by atomic mass is 19.1. The van der Waals surface area contributed by atoms with E-state index in [2.05, 4.69) is 35.4 Å². The van der Waals surface area contributed by atoms with E-state index >= 15 is 0 Å². The summed E-state index contributed by atoms with van der Waals surface area (Å²) in [6.45, 7) is 10.5. The van der Waals surface area contributed by atoms with E-state index in [9.17, 15) is 9.18 Å². The second-order valence-electron chi connectivity index (χ2n) is 9.05. The number of nitrogens with zero attached hydrogens (tertiary/aromatic N) is 5. The summed E-state index contributed by atoms with van der Waals surface area (Å²) >= 11 is 0. The standard InChI is InChI=1S/C14H11FN2.C12H11N3O.C4H6.CH4/c1-10-2-3-11-9-16-17(14(11)8-10)13-6-4-12(15)5-7-13;13-5-10-2-1-3-11(14-10)12(16)15-6-8-4-9(8)7-15;1-3-4-2;/h2-9H,1H3;1-3,8-9H,4,6-7H2;3-4H,1-2H2;1H4. The maximum absolute atomic E-state index is 12.9. The van der Waals surface area contributed by atoms with Crippen LogP contribution in [0.3, 0.4) is 0 Å². The lowest BCUT2D eigenvalue weighted by Gasteiger charge is -2.17. The molecule has 194 valence electrons. The van der Waals surface area contributed by atoms with Crippen LogP contribution in [0.5, 0.6) is 0 Å². The summed E-state index contributed by atoms with van der Waals surface area (Å²) in [5, 5.41) is 14.1. The van der Waals surface area contributed by atoms with Gasteiger partial charge in [0.15, 0.2) is 0 Å². The Kier molecular flexibility index (Phi) is 9.28. The molecule has 2 aliphatic rings. The molecule has 1 amide bonds. The largest absolute Gasteiger partial charge is 0.337 e. The van der Waals surface area contributed by atoms with Gasteiger partial charge in [-0.3, -0.25) is 4.79 Å². The van der Waals surface area contributed by atoms with Crippen LogP contribution in [-0.2, 0) is 0 Å². The molecule has 3 heterocycles. The van der Waals surface area contributed by atoms with Crippen LogP contribution in [0, 0.1) is 35.9 Å². The van der Waals surface area contributed by atoms with Crippen molar-refractivity contribution in [2.24, 2.45) is 11.8 Å². The molecule has 0 N–H and O–H groups in total. The van der Waals surface area contributed by atoms with E-state index in [1.165, 1.54) is 24.1 Å². The number of piperidine rings is 1. The molecule has 2 aromatic carbocycles. The SMILES string of the molecule is C.C=CC=C.Cc1ccc2cnn(-c3ccc(F)cc3)c2c1.N#Cc1cccc(C(=O)N2CC3CC3C2)n1. The van der Waals surface area contributed by atoms with E-state index in [1.54, 1.807) is 42.5 Å². The molecule has 0 radical (unpaired) electrons. The van der Waals surface area contributed by atoms with Crippen LogP contribution in [0.4, 0.5) is 4.39 Å². The van der Waals surface area contributed by atoms with Crippen LogP contribution in [0.1, 0.15) is 35.6 Å². The fourth-order valence-corrected chi connectivity index (χ4v) is 4.26. The van der Waals surface area contributed by atoms with E-state index < -0.39 is 0 Å². The Morgan fingerprint density at radius 3 is 2.39 bits per heavy atom. The second-order valence-corrected chi connectivity index (χ2v) is 9.05. The smallest absolute Gasteiger partial charge is 0.272 e. The van der Waals surface area contributed by atoms with Crippen molar-refractivity contribution in [1.29, 1.82) is 5.26 Å². The minimum absolute atomic E-state index is 0. The number of rotatable bonds is 3. The van der Waals surface area contributed by atoms with Gasteiger partial charge in [0.25, 0.3) is 5.91 Å². The normalized spacial score (nSPS) is 16.4.